The Morgan fingerprint density at radius 2 is 0.907 bits per heavy atom. The van der Waals surface area contributed by atoms with E-state index >= 15 is 0 Å². The highest BCUT2D eigenvalue weighted by molar-refractivity contribution is 5.95. The Balaban J connectivity index is 0.707. The van der Waals surface area contributed by atoms with E-state index < -0.39 is 59.2 Å². The molecule has 4 aliphatic heterocycles. The minimum absolute atomic E-state index is 0.0768. The summed E-state index contributed by atoms with van der Waals surface area (Å²) in [4.78, 5) is 111. The van der Waals surface area contributed by atoms with Crippen LogP contribution in [0, 0.1) is 0 Å². The topological polar surface area (TPSA) is 301 Å². The van der Waals surface area contributed by atoms with Gasteiger partial charge in [0.1, 0.15) is 46.9 Å². The van der Waals surface area contributed by atoms with E-state index in [1.165, 1.54) is 0 Å². The third-order valence-electron chi connectivity index (χ3n) is 17.7. The first-order valence-corrected chi connectivity index (χ1v) is 31.2. The summed E-state index contributed by atoms with van der Waals surface area (Å²) in [6.07, 6.45) is 16.9. The van der Waals surface area contributed by atoms with Crippen molar-refractivity contribution in [3.8, 4) is 0 Å². The van der Waals surface area contributed by atoms with Gasteiger partial charge in [0.2, 0.25) is 35.4 Å². The van der Waals surface area contributed by atoms with Gasteiger partial charge < -0.3 is 52.3 Å². The van der Waals surface area contributed by atoms with Crippen LogP contribution in [0.1, 0.15) is 164 Å². The van der Waals surface area contributed by atoms with Crippen molar-refractivity contribution in [1.82, 2.24) is 71.7 Å². The number of aryl methyl sites for hydroxylation is 2. The Hall–Kier alpha value is -7.86. The molecule has 8 N–H and O–H groups in total. The maximum absolute atomic E-state index is 14.3. The highest BCUT2D eigenvalue weighted by Gasteiger charge is 2.46. The van der Waals surface area contributed by atoms with Crippen molar-refractivity contribution in [1.29, 1.82) is 0 Å². The number of unbranched alkanes of at least 4 members (excludes halogenated alkanes) is 4. The molecular weight excluding hydrogens is 1100 g/mol. The Bertz CT molecular complexity index is 2960. The third-order valence-corrected chi connectivity index (χ3v) is 17.7. The molecule has 462 valence electrons. The van der Waals surface area contributed by atoms with Crippen molar-refractivity contribution in [3.05, 3.63) is 116 Å². The maximum Gasteiger partial charge on any atom is 0.253 e. The molecule has 6 amide bonds. The molecule has 5 aromatic rings. The van der Waals surface area contributed by atoms with Crippen LogP contribution in [-0.4, -0.2) is 151 Å². The summed E-state index contributed by atoms with van der Waals surface area (Å²) in [5.41, 5.74) is 2.33. The summed E-state index contributed by atoms with van der Waals surface area (Å²) in [5, 5.41) is 42.3. The van der Waals surface area contributed by atoms with Crippen LogP contribution in [0.4, 0.5) is 11.4 Å². The first kappa shape index (κ1) is 62.7. The molecule has 0 saturated carbocycles. The summed E-state index contributed by atoms with van der Waals surface area (Å²) in [7, 11) is 3.39. The predicted molar refractivity (Wildman–Crippen MR) is 324 cm³/mol. The van der Waals surface area contributed by atoms with Crippen molar-refractivity contribution in [2.45, 2.75) is 203 Å². The molecule has 86 heavy (non-hydrogen) atoms. The van der Waals surface area contributed by atoms with Crippen molar-refractivity contribution in [2.75, 3.05) is 37.8 Å². The lowest BCUT2D eigenvalue weighted by atomic mass is 9.98. The molecule has 0 radical (unpaired) electrons. The summed E-state index contributed by atoms with van der Waals surface area (Å²) in [5.74, 6) is -1.49. The third kappa shape index (κ3) is 15.2. The minimum Gasteiger partial charge on any atom is -0.380 e. The van der Waals surface area contributed by atoms with Crippen LogP contribution in [0.15, 0.2) is 82.6 Å². The smallest absolute Gasteiger partial charge is 0.253 e. The lowest BCUT2D eigenvalue weighted by Crippen LogP contribution is -2.58. The monoisotopic (exact) mass is 1180 g/mol. The number of amides is 6. The molecule has 24 nitrogen and oxygen atoms in total. The lowest BCUT2D eigenvalue weighted by molar-refractivity contribution is -0.144. The molecule has 9 rings (SSSR count). The van der Waals surface area contributed by atoms with Crippen molar-refractivity contribution in [2.24, 2.45) is 0 Å². The number of likely N-dealkylation sites (N-methyl/N-ethyl adjacent to an activating group) is 2. The maximum atomic E-state index is 14.3. The molecule has 6 heterocycles. The van der Waals surface area contributed by atoms with Crippen LogP contribution in [0.2, 0.25) is 0 Å². The second kappa shape index (κ2) is 30.0. The van der Waals surface area contributed by atoms with E-state index in [1.807, 2.05) is 73.1 Å². The molecule has 0 bridgehead atoms. The van der Waals surface area contributed by atoms with Gasteiger partial charge in [0, 0.05) is 38.3 Å². The Kier molecular flexibility index (Phi) is 21.8. The number of nitrogens with zero attached hydrogens (tertiary/aromatic N) is 8. The molecule has 0 aliphatic carbocycles. The van der Waals surface area contributed by atoms with E-state index in [2.05, 4.69) is 63.2 Å². The van der Waals surface area contributed by atoms with E-state index in [1.54, 1.807) is 47.1 Å². The number of hydrogen-bond acceptors (Lipinski definition) is 16. The number of benzene rings is 2. The summed E-state index contributed by atoms with van der Waals surface area (Å²) < 4.78 is 3.51. The van der Waals surface area contributed by atoms with Gasteiger partial charge in [-0.1, -0.05) is 96.8 Å². The van der Waals surface area contributed by atoms with Gasteiger partial charge >= 0.3 is 0 Å². The highest BCUT2D eigenvalue weighted by Crippen LogP contribution is 2.34. The molecule has 4 aliphatic rings. The Labute approximate surface area is 502 Å². The SMILES string of the molecule is CNC(C)C(=O)N[C@H]1CCCC[C@H]2CC[C@@H](C(=O)N[C@@H](c3ccccc3)c3cn(CCCCCNc4c(NCCCCCn5cc([C@@H](NC(=O)[C@@H]6CC[C@@H]7CCCC[C@H](NC(=O)[C@H](C)NC)C(=O)N76)c6ccccc6)nn5)c(=O)c4=O)nn3)N2C1=O. The number of hydrogen-bond donors (Lipinski definition) is 8. The fourth-order valence-corrected chi connectivity index (χ4v) is 12.5. The molecule has 4 fully saturated rings. The fraction of sp³-hybridized carbons (Fsp3) is 0.581. The number of carbonyl (C=O) groups is 6. The van der Waals surface area contributed by atoms with Crippen LogP contribution in [0.5, 0.6) is 0 Å². The van der Waals surface area contributed by atoms with Gasteiger partial charge in [-0.05, 0) is 129 Å². The van der Waals surface area contributed by atoms with Gasteiger partial charge in [0.15, 0.2) is 0 Å². The Morgan fingerprint density at radius 3 is 1.30 bits per heavy atom. The number of rotatable bonds is 28. The summed E-state index contributed by atoms with van der Waals surface area (Å²) >= 11 is 0. The van der Waals surface area contributed by atoms with Gasteiger partial charge in [-0.15, -0.1) is 10.2 Å². The molecule has 4 saturated heterocycles. The molecule has 3 aromatic carbocycles. The molecule has 2 aromatic heterocycles. The van der Waals surface area contributed by atoms with Gasteiger partial charge in [-0.3, -0.25) is 47.7 Å². The fourth-order valence-electron chi connectivity index (χ4n) is 12.5. The standard InChI is InChI=1S/C62H86N16O8/c1-39(63-3)57(81)67-45-27-15-13-25-43-29-31-49(77(43)61(45)85)59(83)69-51(41-21-9-5-10-22-41)47-37-75(73-71-47)35-19-7-17-33-65-53-54(56(80)55(53)79)66-34-18-8-20-36-76-38-48(72-74-76)52(42-23-11-6-12-24-42)70-60(84)50-32-30-44-26-14-16-28-46(62(86)78(44)50)68-58(82)40(2)64-4/h5-6,9-12,21-24,37-40,43-46,49-52,63-66H,7-8,13-20,25-36H2,1-4H3,(H,67,81)(H,68,82)(H,69,83)(H,70,84)/t39-,40?,43-,44-,45-,46-,49-,50-,51-,52-/m0/s1. The van der Waals surface area contributed by atoms with Crippen molar-refractivity contribution < 1.29 is 28.8 Å². The molecular formula is C62H86N16O8. The summed E-state index contributed by atoms with van der Waals surface area (Å²) in [6, 6.07) is 14.0. The van der Waals surface area contributed by atoms with Gasteiger partial charge in [0.25, 0.3) is 10.9 Å². The van der Waals surface area contributed by atoms with E-state index in [0.29, 0.717) is 87.5 Å². The van der Waals surface area contributed by atoms with Crippen LogP contribution in [0.25, 0.3) is 0 Å². The second-order valence-electron chi connectivity index (χ2n) is 23.6. The van der Waals surface area contributed by atoms with E-state index in [4.69, 9.17) is 0 Å². The molecule has 0 spiro atoms. The molecule has 24 heteroatoms. The normalized spacial score (nSPS) is 22.0. The van der Waals surface area contributed by atoms with E-state index in [-0.39, 0.29) is 47.5 Å². The predicted octanol–water partition coefficient (Wildman–Crippen LogP) is 3.49. The lowest BCUT2D eigenvalue weighted by Gasteiger charge is -2.36. The first-order chi connectivity index (χ1) is 41.7. The summed E-state index contributed by atoms with van der Waals surface area (Å²) in [6.45, 7) is 5.63. The highest BCUT2D eigenvalue weighted by atomic mass is 16.2. The van der Waals surface area contributed by atoms with Crippen LogP contribution < -0.4 is 53.4 Å². The number of fused-ring (bicyclic) bond motifs is 2. The van der Waals surface area contributed by atoms with E-state index in [0.717, 1.165) is 88.2 Å². The van der Waals surface area contributed by atoms with E-state index in [9.17, 15) is 38.4 Å². The zero-order valence-corrected chi connectivity index (χ0v) is 50.1. The van der Waals surface area contributed by atoms with Gasteiger partial charge in [-0.25, -0.2) is 0 Å². The second-order valence-corrected chi connectivity index (χ2v) is 23.6. The largest absolute Gasteiger partial charge is 0.380 e. The average molecular weight is 1180 g/mol. The molecule has 1 unspecified atom stereocenters. The number of aromatic nitrogens is 6. The first-order valence-electron chi connectivity index (χ1n) is 31.2. The molecule has 10 atom stereocenters. The van der Waals surface area contributed by atoms with Crippen LogP contribution in [0.3, 0.4) is 0 Å². The zero-order chi connectivity index (χ0) is 60.7. The zero-order valence-electron chi connectivity index (χ0n) is 50.1. The van der Waals surface area contributed by atoms with Crippen molar-refractivity contribution >= 4 is 46.8 Å². The van der Waals surface area contributed by atoms with Gasteiger partial charge in [0.05, 0.1) is 36.6 Å². The quantitative estimate of drug-likeness (QED) is 0.0263. The Morgan fingerprint density at radius 1 is 0.512 bits per heavy atom. The number of anilines is 2. The van der Waals surface area contributed by atoms with Gasteiger partial charge in [-0.2, -0.15) is 0 Å². The van der Waals surface area contributed by atoms with Crippen molar-refractivity contribution in [3.63, 3.8) is 0 Å². The minimum atomic E-state index is -0.701. The number of nitrogens with one attached hydrogen (secondary N) is 8. The van der Waals surface area contributed by atoms with Crippen LogP contribution >= 0.6 is 0 Å². The number of carbonyl (C=O) groups excluding carboxylic acids is 6. The average Bonchev–Trinajstić information content (AvgIpc) is 1.92. The van der Waals surface area contributed by atoms with Crippen LogP contribution in [-0.2, 0) is 41.9 Å².